The second kappa shape index (κ2) is 3.97. The average molecular weight is 219 g/mol. The maximum Gasteiger partial charge on any atom is 0.354 e. The predicted octanol–water partition coefficient (Wildman–Crippen LogP) is 0.652. The van der Waals surface area contributed by atoms with Gasteiger partial charge in [0.2, 0.25) is 5.95 Å². The molecule has 0 atom stereocenters. The number of carboxylic acid groups (broad SMARTS) is 1. The molecule has 0 fully saturated rings. The van der Waals surface area contributed by atoms with E-state index < -0.39 is 5.97 Å². The molecule has 0 aliphatic carbocycles. The van der Waals surface area contributed by atoms with Crippen molar-refractivity contribution in [2.75, 3.05) is 5.32 Å². The van der Waals surface area contributed by atoms with E-state index in [9.17, 15) is 4.79 Å². The Hall–Kier alpha value is -2.44. The summed E-state index contributed by atoms with van der Waals surface area (Å²) in [6.45, 7) is 0. The van der Waals surface area contributed by atoms with Gasteiger partial charge in [0.1, 0.15) is 0 Å². The maximum absolute atomic E-state index is 10.7. The van der Waals surface area contributed by atoms with Gasteiger partial charge < -0.3 is 10.4 Å². The van der Waals surface area contributed by atoms with E-state index in [4.69, 9.17) is 5.11 Å². The highest BCUT2D eigenvalue weighted by Crippen LogP contribution is 2.10. The van der Waals surface area contributed by atoms with Gasteiger partial charge in [-0.05, 0) is 6.07 Å². The van der Waals surface area contributed by atoms with Crippen molar-refractivity contribution in [2.45, 2.75) is 0 Å². The molecule has 0 bridgehead atoms. The van der Waals surface area contributed by atoms with Gasteiger partial charge in [-0.3, -0.25) is 4.68 Å². The van der Waals surface area contributed by atoms with Crippen molar-refractivity contribution in [3.05, 3.63) is 30.4 Å². The van der Waals surface area contributed by atoms with Crippen LogP contribution < -0.4 is 5.32 Å². The predicted molar refractivity (Wildman–Crippen MR) is 55.5 cm³/mol. The molecule has 2 aromatic heterocycles. The molecule has 2 heterocycles. The van der Waals surface area contributed by atoms with Crippen molar-refractivity contribution >= 4 is 17.6 Å². The lowest BCUT2D eigenvalue weighted by atomic mass is 10.4. The maximum atomic E-state index is 10.7. The van der Waals surface area contributed by atoms with Gasteiger partial charge in [0.25, 0.3) is 0 Å². The largest absolute Gasteiger partial charge is 0.477 e. The van der Waals surface area contributed by atoms with E-state index in [1.54, 1.807) is 24.1 Å². The molecule has 7 heteroatoms. The fraction of sp³-hybridized carbons (Fsp3) is 0.111. The van der Waals surface area contributed by atoms with Crippen LogP contribution in [0.4, 0.5) is 11.6 Å². The van der Waals surface area contributed by atoms with Crippen molar-refractivity contribution in [1.29, 1.82) is 0 Å². The minimum absolute atomic E-state index is 0.0543. The molecule has 7 nitrogen and oxygen atoms in total. The van der Waals surface area contributed by atoms with Crippen LogP contribution in [0.5, 0.6) is 0 Å². The van der Waals surface area contributed by atoms with Crippen molar-refractivity contribution in [3.63, 3.8) is 0 Å². The second-order valence-electron chi connectivity index (χ2n) is 3.10. The molecule has 2 aromatic rings. The molecule has 0 amide bonds. The molecule has 0 spiro atoms. The Kier molecular flexibility index (Phi) is 2.50. The Morgan fingerprint density at radius 2 is 2.38 bits per heavy atom. The van der Waals surface area contributed by atoms with E-state index in [0.717, 1.165) is 0 Å². The first-order chi connectivity index (χ1) is 7.65. The lowest BCUT2D eigenvalue weighted by molar-refractivity contribution is 0.0690. The van der Waals surface area contributed by atoms with Crippen LogP contribution in [0.15, 0.2) is 24.7 Å². The highest BCUT2D eigenvalue weighted by atomic mass is 16.4. The average Bonchev–Trinajstić information content (AvgIpc) is 2.64. The number of aromatic nitrogens is 4. The first kappa shape index (κ1) is 10.1. The number of aryl methyl sites for hydroxylation is 1. The molecule has 2 rings (SSSR count). The molecule has 2 N–H and O–H groups in total. The van der Waals surface area contributed by atoms with Gasteiger partial charge in [0.05, 0.1) is 11.9 Å². The normalized spacial score (nSPS) is 10.1. The van der Waals surface area contributed by atoms with Crippen molar-refractivity contribution in [2.24, 2.45) is 7.05 Å². The summed E-state index contributed by atoms with van der Waals surface area (Å²) in [5.74, 6) is -0.857. The third-order valence-electron chi connectivity index (χ3n) is 1.84. The zero-order valence-corrected chi connectivity index (χ0v) is 8.45. The number of nitrogens with zero attached hydrogens (tertiary/aromatic N) is 4. The monoisotopic (exact) mass is 219 g/mol. The molecule has 82 valence electrons. The Morgan fingerprint density at radius 3 is 3.00 bits per heavy atom. The molecule has 0 aromatic carbocycles. The minimum atomic E-state index is -1.09. The van der Waals surface area contributed by atoms with Crippen LogP contribution in [0.3, 0.4) is 0 Å². The topological polar surface area (TPSA) is 92.9 Å². The smallest absolute Gasteiger partial charge is 0.354 e. The number of rotatable bonds is 3. The summed E-state index contributed by atoms with van der Waals surface area (Å²) in [5.41, 5.74) is 0.645. The van der Waals surface area contributed by atoms with E-state index in [1.165, 1.54) is 12.3 Å². The van der Waals surface area contributed by atoms with Crippen LogP contribution >= 0.6 is 0 Å². The van der Waals surface area contributed by atoms with Crippen LogP contribution in [-0.2, 0) is 7.05 Å². The number of carbonyl (C=O) groups is 1. The van der Waals surface area contributed by atoms with Gasteiger partial charge in [0, 0.05) is 19.4 Å². The van der Waals surface area contributed by atoms with Crippen LogP contribution in [-0.4, -0.2) is 30.8 Å². The molecule has 0 saturated carbocycles. The van der Waals surface area contributed by atoms with E-state index in [1.807, 2.05) is 0 Å². The van der Waals surface area contributed by atoms with Gasteiger partial charge in [-0.1, -0.05) is 0 Å². The number of hydrogen-bond acceptors (Lipinski definition) is 5. The van der Waals surface area contributed by atoms with E-state index in [-0.39, 0.29) is 11.6 Å². The molecule has 0 aliphatic heterocycles. The van der Waals surface area contributed by atoms with Crippen LogP contribution in [0.1, 0.15) is 10.5 Å². The van der Waals surface area contributed by atoms with Gasteiger partial charge >= 0.3 is 5.97 Å². The highest BCUT2D eigenvalue weighted by Gasteiger charge is 2.06. The number of aromatic carboxylic acids is 1. The summed E-state index contributed by atoms with van der Waals surface area (Å²) in [6.07, 6.45) is 4.71. The van der Waals surface area contributed by atoms with E-state index >= 15 is 0 Å². The SMILES string of the molecule is Cn1cc(Nc2nccc(C(=O)O)n2)cn1. The molecule has 0 radical (unpaired) electrons. The van der Waals surface area contributed by atoms with Crippen molar-refractivity contribution in [1.82, 2.24) is 19.7 Å². The third kappa shape index (κ3) is 2.14. The van der Waals surface area contributed by atoms with Gasteiger partial charge in [0.15, 0.2) is 5.69 Å². The second-order valence-corrected chi connectivity index (χ2v) is 3.10. The van der Waals surface area contributed by atoms with Crippen LogP contribution in [0.25, 0.3) is 0 Å². The first-order valence-electron chi connectivity index (χ1n) is 4.47. The fourth-order valence-electron chi connectivity index (χ4n) is 1.15. The third-order valence-corrected chi connectivity index (χ3v) is 1.84. The van der Waals surface area contributed by atoms with E-state index in [2.05, 4.69) is 20.4 Å². The molecular weight excluding hydrogens is 210 g/mol. The molecule has 16 heavy (non-hydrogen) atoms. The van der Waals surface area contributed by atoms with E-state index in [0.29, 0.717) is 5.69 Å². The number of anilines is 2. The van der Waals surface area contributed by atoms with Gasteiger partial charge in [-0.2, -0.15) is 5.10 Å². The van der Waals surface area contributed by atoms with Crippen molar-refractivity contribution in [3.8, 4) is 0 Å². The molecule has 0 unspecified atom stereocenters. The number of hydrogen-bond donors (Lipinski definition) is 2. The summed E-state index contributed by atoms with van der Waals surface area (Å²) in [6, 6.07) is 1.33. The summed E-state index contributed by atoms with van der Waals surface area (Å²) in [7, 11) is 1.78. The number of nitrogens with one attached hydrogen (secondary N) is 1. The number of carboxylic acids is 1. The summed E-state index contributed by atoms with van der Waals surface area (Å²) in [4.78, 5) is 18.4. The highest BCUT2D eigenvalue weighted by molar-refractivity contribution is 5.85. The Balaban J connectivity index is 2.21. The van der Waals surface area contributed by atoms with Crippen LogP contribution in [0.2, 0.25) is 0 Å². The Labute approximate surface area is 90.8 Å². The Morgan fingerprint density at radius 1 is 1.56 bits per heavy atom. The Bertz CT molecular complexity index is 522. The lowest BCUT2D eigenvalue weighted by Gasteiger charge is -2.01. The standard InChI is InChI=1S/C9H9N5O2/c1-14-5-6(4-11-14)12-9-10-3-2-7(13-9)8(15)16/h2-5H,1H3,(H,15,16)(H,10,12,13). The zero-order valence-electron chi connectivity index (χ0n) is 8.45. The zero-order chi connectivity index (χ0) is 11.5. The first-order valence-corrected chi connectivity index (χ1v) is 4.47. The summed E-state index contributed by atoms with van der Waals surface area (Å²) >= 11 is 0. The fourth-order valence-corrected chi connectivity index (χ4v) is 1.15. The minimum Gasteiger partial charge on any atom is -0.477 e. The summed E-state index contributed by atoms with van der Waals surface area (Å²) < 4.78 is 1.61. The van der Waals surface area contributed by atoms with Crippen molar-refractivity contribution < 1.29 is 9.90 Å². The van der Waals surface area contributed by atoms with Gasteiger partial charge in [-0.15, -0.1) is 0 Å². The van der Waals surface area contributed by atoms with Crippen LogP contribution in [0, 0.1) is 0 Å². The van der Waals surface area contributed by atoms with Gasteiger partial charge in [-0.25, -0.2) is 14.8 Å². The molecular formula is C9H9N5O2. The molecule has 0 saturated heterocycles. The lowest BCUT2D eigenvalue weighted by Crippen LogP contribution is -2.04. The molecule has 0 aliphatic rings. The summed E-state index contributed by atoms with van der Waals surface area (Å²) in [5, 5.41) is 15.5. The quantitative estimate of drug-likeness (QED) is 0.787.